The number of hydrogen-bond acceptors (Lipinski definition) is 2. The molecule has 0 saturated heterocycles. The highest BCUT2D eigenvalue weighted by Gasteiger charge is 2.19. The molecule has 98 valence electrons. The molecule has 0 heterocycles. The van der Waals surface area contributed by atoms with Gasteiger partial charge in [0.25, 0.3) is 5.91 Å². The number of benzene rings is 1. The summed E-state index contributed by atoms with van der Waals surface area (Å²) in [7, 11) is 1.57. The number of halogens is 2. The molecule has 1 unspecified atom stereocenters. The van der Waals surface area contributed by atoms with E-state index < -0.39 is 11.7 Å². The first-order chi connectivity index (χ1) is 8.34. The highest BCUT2D eigenvalue weighted by molar-refractivity contribution is 7.80. The Hall–Kier alpha value is -1.20. The summed E-state index contributed by atoms with van der Waals surface area (Å²) in [6, 6.07) is 4.32. The van der Waals surface area contributed by atoms with Crippen molar-refractivity contribution in [3.8, 4) is 0 Å². The van der Waals surface area contributed by atoms with E-state index >= 15 is 0 Å². The zero-order chi connectivity index (χ0) is 13.9. The normalized spacial score (nSPS) is 12.0. The summed E-state index contributed by atoms with van der Waals surface area (Å²) in [6.07, 6.45) is 0. The van der Waals surface area contributed by atoms with E-state index in [-0.39, 0.29) is 16.5 Å². The molecule has 0 aliphatic heterocycles. The number of carbonyl (C=O) groups excluding carboxylic acids is 1. The zero-order valence-electron chi connectivity index (χ0n) is 10.1. The Kier molecular flexibility index (Phi) is 5.04. The third-order valence-electron chi connectivity index (χ3n) is 2.56. The number of nitrogens with two attached hydrogens (primary N) is 1. The monoisotopic (exact) mass is 288 g/mol. The van der Waals surface area contributed by atoms with Gasteiger partial charge in [-0.25, -0.2) is 4.39 Å². The second-order valence-corrected chi connectivity index (χ2v) is 4.97. The molecule has 2 N–H and O–H groups in total. The van der Waals surface area contributed by atoms with Crippen LogP contribution in [0.5, 0.6) is 0 Å². The van der Waals surface area contributed by atoms with Crippen LogP contribution in [0, 0.1) is 11.7 Å². The van der Waals surface area contributed by atoms with Crippen molar-refractivity contribution in [2.24, 2.45) is 11.7 Å². The minimum atomic E-state index is -0.709. The molecule has 6 heteroatoms. The van der Waals surface area contributed by atoms with Crippen molar-refractivity contribution in [3.05, 3.63) is 34.6 Å². The van der Waals surface area contributed by atoms with Gasteiger partial charge in [-0.05, 0) is 12.1 Å². The summed E-state index contributed by atoms with van der Waals surface area (Å²) in [6.45, 7) is 2.14. The molecular weight excluding hydrogens is 275 g/mol. The van der Waals surface area contributed by atoms with E-state index in [1.54, 1.807) is 14.0 Å². The number of rotatable bonds is 4. The van der Waals surface area contributed by atoms with E-state index in [4.69, 9.17) is 29.6 Å². The lowest BCUT2D eigenvalue weighted by Crippen LogP contribution is -2.35. The van der Waals surface area contributed by atoms with Crippen LogP contribution in [-0.2, 0) is 0 Å². The van der Waals surface area contributed by atoms with Crippen LogP contribution in [0.25, 0.3) is 0 Å². The Morgan fingerprint density at radius 1 is 1.61 bits per heavy atom. The molecule has 1 aromatic rings. The van der Waals surface area contributed by atoms with E-state index in [9.17, 15) is 9.18 Å². The molecule has 0 fully saturated rings. The maximum Gasteiger partial charge on any atom is 0.256 e. The van der Waals surface area contributed by atoms with Gasteiger partial charge in [0.1, 0.15) is 0 Å². The van der Waals surface area contributed by atoms with E-state index in [0.717, 1.165) is 0 Å². The molecule has 0 saturated carbocycles. The molecule has 3 nitrogen and oxygen atoms in total. The van der Waals surface area contributed by atoms with Crippen LogP contribution in [0.1, 0.15) is 17.3 Å². The molecular formula is C12H14ClFN2OS. The van der Waals surface area contributed by atoms with Crippen LogP contribution < -0.4 is 5.73 Å². The van der Waals surface area contributed by atoms with Crippen molar-refractivity contribution >= 4 is 34.7 Å². The first-order valence-electron chi connectivity index (χ1n) is 5.33. The van der Waals surface area contributed by atoms with Crippen LogP contribution >= 0.6 is 23.8 Å². The van der Waals surface area contributed by atoms with Gasteiger partial charge in [-0.15, -0.1) is 0 Å². The van der Waals surface area contributed by atoms with Gasteiger partial charge in [0.15, 0.2) is 5.82 Å². The molecule has 0 spiro atoms. The van der Waals surface area contributed by atoms with Gasteiger partial charge in [0, 0.05) is 19.5 Å². The summed E-state index contributed by atoms with van der Waals surface area (Å²) < 4.78 is 13.7. The van der Waals surface area contributed by atoms with Crippen molar-refractivity contribution in [1.29, 1.82) is 0 Å². The Labute approximate surface area is 116 Å². The molecule has 0 radical (unpaired) electrons. The van der Waals surface area contributed by atoms with E-state index in [2.05, 4.69) is 0 Å². The quantitative estimate of drug-likeness (QED) is 0.866. The number of nitrogens with zero attached hydrogens (tertiary/aromatic N) is 1. The molecule has 1 atom stereocenters. The first kappa shape index (κ1) is 14.9. The maximum absolute atomic E-state index is 13.7. The van der Waals surface area contributed by atoms with Crippen LogP contribution in [-0.4, -0.2) is 29.4 Å². The van der Waals surface area contributed by atoms with Crippen molar-refractivity contribution in [1.82, 2.24) is 4.90 Å². The fourth-order valence-corrected chi connectivity index (χ4v) is 1.71. The predicted molar refractivity (Wildman–Crippen MR) is 74.3 cm³/mol. The van der Waals surface area contributed by atoms with Crippen molar-refractivity contribution in [2.75, 3.05) is 13.6 Å². The van der Waals surface area contributed by atoms with E-state index in [0.29, 0.717) is 11.5 Å². The third kappa shape index (κ3) is 3.40. The van der Waals surface area contributed by atoms with Crippen LogP contribution in [0.3, 0.4) is 0 Å². The SMILES string of the molecule is CC(CN(C)C(=O)c1cccc(Cl)c1F)C(N)=S. The van der Waals surface area contributed by atoms with Crippen LogP contribution in [0.2, 0.25) is 5.02 Å². The summed E-state index contributed by atoms with van der Waals surface area (Å²) in [5, 5.41) is -0.0726. The summed E-state index contributed by atoms with van der Waals surface area (Å²) in [5.41, 5.74) is 5.42. The van der Waals surface area contributed by atoms with Gasteiger partial charge in [0.05, 0.1) is 15.6 Å². The molecule has 1 amide bonds. The highest BCUT2D eigenvalue weighted by atomic mass is 35.5. The predicted octanol–water partition coefficient (Wildman–Crippen LogP) is 2.47. The summed E-state index contributed by atoms with van der Waals surface area (Å²) in [5.74, 6) is -1.28. The zero-order valence-corrected chi connectivity index (χ0v) is 11.7. The molecule has 0 bridgehead atoms. The average molecular weight is 289 g/mol. The largest absolute Gasteiger partial charge is 0.393 e. The molecule has 18 heavy (non-hydrogen) atoms. The average Bonchev–Trinajstić information content (AvgIpc) is 2.31. The molecule has 1 aromatic carbocycles. The Morgan fingerprint density at radius 2 is 2.22 bits per heavy atom. The fraction of sp³-hybridized carbons (Fsp3) is 0.333. The van der Waals surface area contributed by atoms with Gasteiger partial charge < -0.3 is 10.6 Å². The maximum atomic E-state index is 13.7. The minimum absolute atomic E-state index is 0.0554. The molecule has 0 aliphatic rings. The second-order valence-electron chi connectivity index (χ2n) is 4.09. The van der Waals surface area contributed by atoms with Gasteiger partial charge in [-0.1, -0.05) is 36.8 Å². The second kappa shape index (κ2) is 6.11. The smallest absolute Gasteiger partial charge is 0.256 e. The van der Waals surface area contributed by atoms with E-state index in [1.807, 2.05) is 0 Å². The first-order valence-corrected chi connectivity index (χ1v) is 6.12. The Morgan fingerprint density at radius 3 is 2.78 bits per heavy atom. The number of amides is 1. The van der Waals surface area contributed by atoms with Crippen molar-refractivity contribution in [2.45, 2.75) is 6.92 Å². The number of hydrogen-bond donors (Lipinski definition) is 1. The standard InChI is InChI=1S/C12H14ClFN2OS/c1-7(11(15)18)6-16(2)12(17)8-4-3-5-9(13)10(8)14/h3-5,7H,6H2,1-2H3,(H2,15,18). The summed E-state index contributed by atoms with van der Waals surface area (Å²) >= 11 is 10.5. The van der Waals surface area contributed by atoms with Gasteiger partial charge in [-0.2, -0.15) is 0 Å². The van der Waals surface area contributed by atoms with Gasteiger partial charge in [0.2, 0.25) is 0 Å². The lowest BCUT2D eigenvalue weighted by atomic mass is 10.1. The molecule has 0 aliphatic carbocycles. The lowest BCUT2D eigenvalue weighted by molar-refractivity contribution is 0.0782. The van der Waals surface area contributed by atoms with E-state index in [1.165, 1.54) is 23.1 Å². The number of thiocarbonyl (C=S) groups is 1. The fourth-order valence-electron chi connectivity index (χ4n) is 1.46. The topological polar surface area (TPSA) is 46.3 Å². The molecule has 1 rings (SSSR count). The van der Waals surface area contributed by atoms with Crippen molar-refractivity contribution < 1.29 is 9.18 Å². The highest BCUT2D eigenvalue weighted by Crippen LogP contribution is 2.19. The van der Waals surface area contributed by atoms with Crippen molar-refractivity contribution in [3.63, 3.8) is 0 Å². The summed E-state index contributed by atoms with van der Waals surface area (Å²) in [4.78, 5) is 13.7. The van der Waals surface area contributed by atoms with Crippen LogP contribution in [0.4, 0.5) is 4.39 Å². The van der Waals surface area contributed by atoms with Gasteiger partial charge >= 0.3 is 0 Å². The third-order valence-corrected chi connectivity index (χ3v) is 3.26. The van der Waals surface area contributed by atoms with Crippen LogP contribution in [0.15, 0.2) is 18.2 Å². The lowest BCUT2D eigenvalue weighted by Gasteiger charge is -2.21. The Bertz CT molecular complexity index is 481. The molecule has 0 aromatic heterocycles. The van der Waals surface area contributed by atoms with Gasteiger partial charge in [-0.3, -0.25) is 4.79 Å². The Balaban J connectivity index is 2.87. The number of carbonyl (C=O) groups is 1. The minimum Gasteiger partial charge on any atom is -0.393 e.